The number of hydrogen-bond acceptors (Lipinski definition) is 5. The molecule has 7 heteroatoms. The third-order valence-corrected chi connectivity index (χ3v) is 5.11. The molecule has 1 aromatic heterocycles. The molecule has 1 atom stereocenters. The number of hydrogen-bond donors (Lipinski definition) is 0. The summed E-state index contributed by atoms with van der Waals surface area (Å²) in [6.07, 6.45) is 5.85. The Kier molecular flexibility index (Phi) is 6.11. The molecule has 0 spiro atoms. The van der Waals surface area contributed by atoms with Gasteiger partial charge in [0.15, 0.2) is 4.77 Å². The van der Waals surface area contributed by atoms with E-state index in [0.29, 0.717) is 19.8 Å². The Morgan fingerprint density at radius 3 is 2.73 bits per heavy atom. The van der Waals surface area contributed by atoms with Gasteiger partial charge in [0.25, 0.3) is 0 Å². The molecule has 0 radical (unpaired) electrons. The van der Waals surface area contributed by atoms with Crippen molar-refractivity contribution in [2.24, 2.45) is 5.92 Å². The zero-order valence-electron chi connectivity index (χ0n) is 15.3. The van der Waals surface area contributed by atoms with Crippen LogP contribution in [0, 0.1) is 10.7 Å². The van der Waals surface area contributed by atoms with Crippen molar-refractivity contribution in [3.63, 3.8) is 0 Å². The molecular formula is C19H25N3O3S. The molecule has 0 N–H and O–H groups in total. The van der Waals surface area contributed by atoms with E-state index in [1.54, 1.807) is 7.11 Å². The molecule has 0 unspecified atom stereocenters. The Morgan fingerprint density at radius 2 is 2.04 bits per heavy atom. The first-order valence-electron chi connectivity index (χ1n) is 8.93. The van der Waals surface area contributed by atoms with Crippen LogP contribution in [0.5, 0.6) is 5.75 Å². The van der Waals surface area contributed by atoms with Gasteiger partial charge in [0.2, 0.25) is 0 Å². The molecule has 2 heterocycles. The predicted octanol–water partition coefficient (Wildman–Crippen LogP) is 3.25. The van der Waals surface area contributed by atoms with Gasteiger partial charge in [0.05, 0.1) is 26.3 Å². The second-order valence-electron chi connectivity index (χ2n) is 6.43. The standard InChI is InChI=1S/C19H25N3O3S/c1-3-25-18(23)15-5-4-10-20(13-15)14-21-11-12-22(19(21)26)16-6-8-17(24-2)9-7-16/h6-9,11-12,15H,3-5,10,13-14H2,1-2H3/t15-/m0/s1. The Bertz CT molecular complexity index is 797. The van der Waals surface area contributed by atoms with Crippen LogP contribution in [0.2, 0.25) is 0 Å². The van der Waals surface area contributed by atoms with E-state index in [-0.39, 0.29) is 11.9 Å². The van der Waals surface area contributed by atoms with E-state index in [9.17, 15) is 4.79 Å². The number of benzene rings is 1. The van der Waals surface area contributed by atoms with E-state index in [1.165, 1.54) is 0 Å². The van der Waals surface area contributed by atoms with Gasteiger partial charge in [-0.15, -0.1) is 0 Å². The molecule has 1 aromatic carbocycles. The number of carbonyl (C=O) groups is 1. The summed E-state index contributed by atoms with van der Waals surface area (Å²) >= 11 is 5.64. The van der Waals surface area contributed by atoms with Crippen LogP contribution in [0.25, 0.3) is 5.69 Å². The van der Waals surface area contributed by atoms with E-state index < -0.39 is 0 Å². The SMILES string of the molecule is CCOC(=O)[C@H]1CCCN(Cn2ccn(-c3ccc(OC)cc3)c2=S)C1. The molecule has 0 bridgehead atoms. The number of ether oxygens (including phenoxy) is 2. The highest BCUT2D eigenvalue weighted by atomic mass is 32.1. The van der Waals surface area contributed by atoms with Crippen LogP contribution in [0.15, 0.2) is 36.7 Å². The van der Waals surface area contributed by atoms with Crippen LogP contribution in [0.1, 0.15) is 19.8 Å². The minimum absolute atomic E-state index is 0.0402. The molecular weight excluding hydrogens is 350 g/mol. The zero-order chi connectivity index (χ0) is 18.5. The van der Waals surface area contributed by atoms with E-state index >= 15 is 0 Å². The fourth-order valence-electron chi connectivity index (χ4n) is 3.31. The van der Waals surface area contributed by atoms with Crippen molar-refractivity contribution in [1.29, 1.82) is 0 Å². The molecule has 6 nitrogen and oxygen atoms in total. The predicted molar refractivity (Wildman–Crippen MR) is 102 cm³/mol. The van der Waals surface area contributed by atoms with E-state index in [2.05, 4.69) is 4.90 Å². The second-order valence-corrected chi connectivity index (χ2v) is 6.79. The van der Waals surface area contributed by atoms with Crippen LogP contribution in [-0.2, 0) is 16.2 Å². The lowest BCUT2D eigenvalue weighted by Gasteiger charge is -2.31. The van der Waals surface area contributed by atoms with Gasteiger partial charge in [-0.2, -0.15) is 0 Å². The van der Waals surface area contributed by atoms with E-state index in [1.807, 2.05) is 52.7 Å². The molecule has 3 rings (SSSR count). The summed E-state index contributed by atoms with van der Waals surface area (Å²) < 4.78 is 15.1. The van der Waals surface area contributed by atoms with Gasteiger partial charge < -0.3 is 14.0 Å². The summed E-state index contributed by atoms with van der Waals surface area (Å²) in [6.45, 7) is 4.64. The first-order chi connectivity index (χ1) is 12.6. The van der Waals surface area contributed by atoms with Crippen molar-refractivity contribution in [3.05, 3.63) is 41.4 Å². The summed E-state index contributed by atoms with van der Waals surface area (Å²) in [4.78, 5) is 14.3. The maximum atomic E-state index is 12.0. The highest BCUT2D eigenvalue weighted by Crippen LogP contribution is 2.20. The number of methoxy groups -OCH3 is 1. The van der Waals surface area contributed by atoms with Gasteiger partial charge in [-0.05, 0) is 62.8 Å². The van der Waals surface area contributed by atoms with Crippen LogP contribution >= 0.6 is 12.2 Å². The fourth-order valence-corrected chi connectivity index (χ4v) is 3.60. The van der Waals surface area contributed by atoms with E-state index in [0.717, 1.165) is 35.6 Å². The molecule has 0 aliphatic carbocycles. The second kappa shape index (κ2) is 8.51. The van der Waals surface area contributed by atoms with Crippen molar-refractivity contribution in [2.45, 2.75) is 26.4 Å². The number of imidazole rings is 1. The van der Waals surface area contributed by atoms with Crippen LogP contribution in [0.4, 0.5) is 0 Å². The summed E-state index contributed by atoms with van der Waals surface area (Å²) in [5.41, 5.74) is 0.998. The first-order valence-corrected chi connectivity index (χ1v) is 9.34. The number of nitrogens with zero attached hydrogens (tertiary/aromatic N) is 3. The van der Waals surface area contributed by atoms with Gasteiger partial charge >= 0.3 is 5.97 Å². The summed E-state index contributed by atoms with van der Waals surface area (Å²) in [7, 11) is 1.65. The molecule has 26 heavy (non-hydrogen) atoms. The summed E-state index contributed by atoms with van der Waals surface area (Å²) in [5, 5.41) is 0. The highest BCUT2D eigenvalue weighted by Gasteiger charge is 2.26. The smallest absolute Gasteiger partial charge is 0.310 e. The molecule has 140 valence electrons. The quantitative estimate of drug-likeness (QED) is 0.573. The maximum Gasteiger partial charge on any atom is 0.310 e. The lowest BCUT2D eigenvalue weighted by Crippen LogP contribution is -2.40. The Labute approximate surface area is 158 Å². The third kappa shape index (κ3) is 4.16. The van der Waals surface area contributed by atoms with Crippen LogP contribution < -0.4 is 4.74 Å². The third-order valence-electron chi connectivity index (χ3n) is 4.68. The number of rotatable bonds is 6. The molecule has 1 aliphatic rings. The van der Waals surface area contributed by atoms with Crippen molar-refractivity contribution in [1.82, 2.24) is 14.0 Å². The maximum absolute atomic E-state index is 12.0. The number of carbonyl (C=O) groups excluding carboxylic acids is 1. The lowest BCUT2D eigenvalue weighted by atomic mass is 9.99. The van der Waals surface area contributed by atoms with Gasteiger partial charge in [-0.3, -0.25) is 14.3 Å². The molecule has 0 saturated carbocycles. The van der Waals surface area contributed by atoms with Crippen molar-refractivity contribution in [2.75, 3.05) is 26.8 Å². The molecule has 1 aliphatic heterocycles. The molecule has 1 fully saturated rings. The van der Waals surface area contributed by atoms with Crippen LogP contribution in [-0.4, -0.2) is 46.8 Å². The average Bonchev–Trinajstić information content (AvgIpc) is 3.03. The summed E-state index contributed by atoms with van der Waals surface area (Å²) in [6, 6.07) is 7.80. The van der Waals surface area contributed by atoms with Crippen molar-refractivity contribution in [3.8, 4) is 11.4 Å². The Hall–Kier alpha value is -2.12. The number of esters is 1. The minimum Gasteiger partial charge on any atom is -0.497 e. The van der Waals surface area contributed by atoms with Gasteiger partial charge in [-0.25, -0.2) is 0 Å². The summed E-state index contributed by atoms with van der Waals surface area (Å²) in [5.74, 6) is 0.691. The topological polar surface area (TPSA) is 48.6 Å². The average molecular weight is 375 g/mol. The van der Waals surface area contributed by atoms with Gasteiger partial charge in [0.1, 0.15) is 5.75 Å². The largest absolute Gasteiger partial charge is 0.497 e. The first kappa shape index (κ1) is 18.7. The number of aromatic nitrogens is 2. The Morgan fingerprint density at radius 1 is 1.27 bits per heavy atom. The van der Waals surface area contributed by atoms with E-state index in [4.69, 9.17) is 21.7 Å². The van der Waals surface area contributed by atoms with Crippen molar-refractivity contribution < 1.29 is 14.3 Å². The highest BCUT2D eigenvalue weighted by molar-refractivity contribution is 7.71. The number of piperidine rings is 1. The monoisotopic (exact) mass is 375 g/mol. The molecule has 0 amide bonds. The molecule has 2 aromatic rings. The van der Waals surface area contributed by atoms with Gasteiger partial charge in [0, 0.05) is 24.6 Å². The lowest BCUT2D eigenvalue weighted by molar-refractivity contribution is -0.150. The Balaban J connectivity index is 1.69. The minimum atomic E-state index is -0.0865. The van der Waals surface area contributed by atoms with Crippen molar-refractivity contribution >= 4 is 18.2 Å². The zero-order valence-corrected chi connectivity index (χ0v) is 16.1. The fraction of sp³-hybridized carbons (Fsp3) is 0.474. The van der Waals surface area contributed by atoms with Gasteiger partial charge in [-0.1, -0.05) is 0 Å². The normalized spacial score (nSPS) is 17.8. The molecule has 1 saturated heterocycles. The van der Waals surface area contributed by atoms with Crippen LogP contribution in [0.3, 0.4) is 0 Å². The number of likely N-dealkylation sites (tertiary alicyclic amines) is 1.